The maximum atomic E-state index is 13.1. The number of benzene rings is 1. The summed E-state index contributed by atoms with van der Waals surface area (Å²) in [6, 6.07) is 11.5. The quantitative estimate of drug-likeness (QED) is 0.219. The molecule has 1 atom stereocenters. The number of likely N-dealkylation sites (tertiary alicyclic amines) is 1. The normalized spacial score (nSPS) is 13.9. The van der Waals surface area contributed by atoms with Gasteiger partial charge >= 0.3 is 0 Å². The van der Waals surface area contributed by atoms with Gasteiger partial charge in [-0.25, -0.2) is 9.97 Å². The first-order chi connectivity index (χ1) is 18.2. The van der Waals surface area contributed by atoms with Crippen LogP contribution in [0.2, 0.25) is 0 Å². The Morgan fingerprint density at radius 1 is 0.821 bits per heavy atom. The van der Waals surface area contributed by atoms with Crippen LogP contribution in [0.3, 0.4) is 0 Å². The van der Waals surface area contributed by atoms with Crippen LogP contribution in [0, 0.1) is 6.92 Å². The highest BCUT2D eigenvalue weighted by atomic mass is 79.9. The van der Waals surface area contributed by atoms with E-state index in [4.69, 9.17) is 18.9 Å². The number of amides is 1. The number of nitrogens with zero attached hydrogens (tertiary/aromatic N) is 3. The predicted molar refractivity (Wildman–Crippen MR) is 156 cm³/mol. The number of halogens is 2. The first kappa shape index (κ1) is 32.0. The minimum Gasteiger partial charge on any atom is -0.494 e. The van der Waals surface area contributed by atoms with Gasteiger partial charge < -0.3 is 23.8 Å². The lowest BCUT2D eigenvalue weighted by Crippen LogP contribution is -2.40. The Labute approximate surface area is 246 Å². The van der Waals surface area contributed by atoms with Gasteiger partial charge in [0.2, 0.25) is 5.78 Å². The maximum Gasteiger partial charge on any atom is 0.254 e. The maximum absolute atomic E-state index is 13.1. The Balaban J connectivity index is 0.000000410. The van der Waals surface area contributed by atoms with Crippen molar-refractivity contribution in [1.29, 1.82) is 0 Å². The molecular weight excluding hydrogens is 634 g/mol. The van der Waals surface area contributed by atoms with Gasteiger partial charge in [-0.1, -0.05) is 7.43 Å². The number of methoxy groups -OCH3 is 4. The zero-order valence-electron chi connectivity index (χ0n) is 21.8. The molecule has 3 heterocycles. The van der Waals surface area contributed by atoms with E-state index in [0.29, 0.717) is 46.1 Å². The number of ether oxygens (including phenoxy) is 4. The third kappa shape index (κ3) is 7.69. The number of Topliss-reactive ketones (excluding diaryl/α,β-unsaturated/α-hetero) is 1. The monoisotopic (exact) mass is 665 g/mol. The van der Waals surface area contributed by atoms with E-state index in [1.165, 1.54) is 21.3 Å². The van der Waals surface area contributed by atoms with Crippen molar-refractivity contribution in [2.75, 3.05) is 35.0 Å². The zero-order chi connectivity index (χ0) is 27.8. The van der Waals surface area contributed by atoms with Crippen LogP contribution >= 0.6 is 31.9 Å². The van der Waals surface area contributed by atoms with E-state index in [9.17, 15) is 9.59 Å². The van der Waals surface area contributed by atoms with Crippen molar-refractivity contribution >= 4 is 43.6 Å². The minimum atomic E-state index is -0.548. The van der Waals surface area contributed by atoms with Gasteiger partial charge in [0.1, 0.15) is 14.9 Å². The van der Waals surface area contributed by atoms with E-state index >= 15 is 0 Å². The summed E-state index contributed by atoms with van der Waals surface area (Å²) in [6.45, 7) is 2.45. The van der Waals surface area contributed by atoms with E-state index in [1.807, 2.05) is 19.1 Å². The molecule has 0 saturated carbocycles. The topological polar surface area (TPSA) is 100 Å². The van der Waals surface area contributed by atoms with Crippen LogP contribution in [0.1, 0.15) is 46.8 Å². The average Bonchev–Trinajstić information content (AvgIpc) is 3.42. The molecule has 0 N–H and O–H groups in total. The largest absolute Gasteiger partial charge is 0.494 e. The van der Waals surface area contributed by atoms with Gasteiger partial charge in [-0.05, 0) is 94.1 Å². The van der Waals surface area contributed by atoms with Crippen molar-refractivity contribution in [1.82, 2.24) is 14.9 Å². The Morgan fingerprint density at radius 3 is 1.95 bits per heavy atom. The van der Waals surface area contributed by atoms with Gasteiger partial charge in [-0.3, -0.25) is 9.59 Å². The van der Waals surface area contributed by atoms with Crippen molar-refractivity contribution in [3.8, 4) is 23.0 Å². The molecule has 0 radical (unpaired) electrons. The van der Waals surface area contributed by atoms with Crippen molar-refractivity contribution in [2.24, 2.45) is 0 Å². The standard InChI is InChI=1S/C20H21BrN2O5.C7H8BrNO.CH4/c1-26-15-8-6-12(11-17(15)28-3)20(25)23-10-4-5-14(23)18(24)13-7-9-16(27-2)19(21)22-13;1-5-3-4-6(10-2)7(8)9-5;/h6-9,11,14H,4-5,10H2,1-3H3;3-4H,1-2H3;1H4. The highest BCUT2D eigenvalue weighted by Crippen LogP contribution is 2.30. The lowest BCUT2D eigenvalue weighted by atomic mass is 10.1. The fourth-order valence-corrected chi connectivity index (χ4v) is 5.02. The van der Waals surface area contributed by atoms with E-state index in [0.717, 1.165) is 22.5 Å². The summed E-state index contributed by atoms with van der Waals surface area (Å²) >= 11 is 6.57. The van der Waals surface area contributed by atoms with Crippen LogP contribution in [-0.4, -0.2) is 67.6 Å². The van der Waals surface area contributed by atoms with Crippen LogP contribution in [0.25, 0.3) is 0 Å². The highest BCUT2D eigenvalue weighted by molar-refractivity contribution is 9.10. The fourth-order valence-electron chi connectivity index (χ4n) is 3.96. The number of hydrogen-bond acceptors (Lipinski definition) is 8. The van der Waals surface area contributed by atoms with E-state index in [1.54, 1.807) is 42.3 Å². The Bertz CT molecular complexity index is 1300. The van der Waals surface area contributed by atoms with Crippen LogP contribution in [0.15, 0.2) is 51.7 Å². The molecule has 2 aromatic heterocycles. The molecule has 4 rings (SSSR count). The van der Waals surface area contributed by atoms with Gasteiger partial charge in [0.25, 0.3) is 5.91 Å². The van der Waals surface area contributed by atoms with Crippen LogP contribution in [-0.2, 0) is 0 Å². The Morgan fingerprint density at radius 2 is 1.38 bits per heavy atom. The number of carbonyl (C=O) groups is 2. The summed E-state index contributed by atoms with van der Waals surface area (Å²) < 4.78 is 21.9. The first-order valence-corrected chi connectivity index (χ1v) is 13.3. The Hall–Kier alpha value is -3.18. The third-order valence-corrected chi connectivity index (χ3v) is 7.04. The molecule has 1 aliphatic rings. The molecule has 1 amide bonds. The molecule has 1 aliphatic heterocycles. The van der Waals surface area contributed by atoms with Gasteiger partial charge in [-0.2, -0.15) is 0 Å². The molecule has 1 saturated heterocycles. The smallest absolute Gasteiger partial charge is 0.254 e. The van der Waals surface area contributed by atoms with Crippen LogP contribution in [0.4, 0.5) is 0 Å². The fraction of sp³-hybridized carbons (Fsp3) is 0.357. The summed E-state index contributed by atoms with van der Waals surface area (Å²) in [6.07, 6.45) is 1.36. The van der Waals surface area contributed by atoms with Gasteiger partial charge in [0.05, 0.1) is 34.5 Å². The first-order valence-electron chi connectivity index (χ1n) is 11.7. The summed E-state index contributed by atoms with van der Waals surface area (Å²) in [4.78, 5) is 36.1. The van der Waals surface area contributed by atoms with Crippen molar-refractivity contribution < 1.29 is 28.5 Å². The van der Waals surface area contributed by atoms with Crippen molar-refractivity contribution in [3.63, 3.8) is 0 Å². The van der Waals surface area contributed by atoms with Crippen LogP contribution < -0.4 is 18.9 Å². The molecule has 0 spiro atoms. The molecule has 0 aliphatic carbocycles. The lowest BCUT2D eigenvalue weighted by Gasteiger charge is -2.24. The number of carbonyl (C=O) groups excluding carboxylic acids is 2. The average molecular weight is 667 g/mol. The number of pyridine rings is 2. The number of hydrogen-bond donors (Lipinski definition) is 0. The molecule has 9 nitrogen and oxygen atoms in total. The van der Waals surface area contributed by atoms with Gasteiger partial charge in [-0.15, -0.1) is 0 Å². The van der Waals surface area contributed by atoms with E-state index < -0.39 is 6.04 Å². The van der Waals surface area contributed by atoms with Crippen molar-refractivity contribution in [3.05, 3.63) is 68.6 Å². The number of rotatable bonds is 7. The summed E-state index contributed by atoms with van der Waals surface area (Å²) in [7, 11) is 6.21. The summed E-state index contributed by atoms with van der Waals surface area (Å²) in [5, 5.41) is 0. The van der Waals surface area contributed by atoms with Crippen molar-refractivity contribution in [2.45, 2.75) is 33.2 Å². The SMILES string of the molecule is C.COc1ccc(C(=O)N2CCCC2C(=O)c2ccc(OC)c(Br)n2)cc1OC.COc1ccc(C)nc1Br. The second-order valence-electron chi connectivity index (χ2n) is 8.23. The zero-order valence-corrected chi connectivity index (χ0v) is 25.0. The molecule has 1 fully saturated rings. The molecule has 11 heteroatoms. The lowest BCUT2D eigenvalue weighted by molar-refractivity contribution is 0.0669. The second kappa shape index (κ2) is 14.8. The van der Waals surface area contributed by atoms with Crippen LogP contribution in [0.5, 0.6) is 23.0 Å². The Kier molecular flexibility index (Phi) is 12.2. The van der Waals surface area contributed by atoms with E-state index in [2.05, 4.69) is 41.8 Å². The van der Waals surface area contributed by atoms with Gasteiger partial charge in [0, 0.05) is 17.8 Å². The van der Waals surface area contributed by atoms with E-state index in [-0.39, 0.29) is 19.1 Å². The molecule has 210 valence electrons. The molecule has 39 heavy (non-hydrogen) atoms. The molecule has 0 bridgehead atoms. The molecule has 3 aromatic rings. The summed E-state index contributed by atoms with van der Waals surface area (Å²) in [5.41, 5.74) is 1.72. The second-order valence-corrected chi connectivity index (χ2v) is 9.73. The molecule has 1 unspecified atom stereocenters. The molecule has 1 aromatic carbocycles. The predicted octanol–water partition coefficient (Wildman–Crippen LogP) is 6.15. The highest BCUT2D eigenvalue weighted by Gasteiger charge is 2.36. The summed E-state index contributed by atoms with van der Waals surface area (Å²) in [5.74, 6) is 1.92. The number of aryl methyl sites for hydroxylation is 1. The number of ketones is 1. The van der Waals surface area contributed by atoms with Gasteiger partial charge in [0.15, 0.2) is 23.0 Å². The third-order valence-electron chi connectivity index (χ3n) is 5.91. The molecular formula is C28H33Br2N3O6. The number of aromatic nitrogens is 2. The minimum absolute atomic E-state index is 0.